The molecule has 0 bridgehead atoms. The number of hydrogen-bond acceptors (Lipinski definition) is 5. The molecule has 1 saturated heterocycles. The van der Waals surface area contributed by atoms with Gasteiger partial charge in [-0.25, -0.2) is 15.0 Å². The zero-order valence-corrected chi connectivity index (χ0v) is 22.9. The second-order valence-electron chi connectivity index (χ2n) is 10.5. The maximum Gasteiger partial charge on any atom is 0.227 e. The molecule has 3 aromatic heterocycles. The van der Waals surface area contributed by atoms with Crippen molar-refractivity contribution in [3.05, 3.63) is 121 Å². The van der Waals surface area contributed by atoms with Crippen LogP contribution < -0.4 is 5.32 Å². The number of anilines is 2. The van der Waals surface area contributed by atoms with E-state index in [2.05, 4.69) is 68.1 Å². The lowest BCUT2D eigenvalue weighted by Crippen LogP contribution is -2.21. The molecule has 3 aromatic carbocycles. The summed E-state index contributed by atoms with van der Waals surface area (Å²) in [6, 6.07) is 36.5. The molecule has 1 N–H and O–H groups in total. The van der Waals surface area contributed by atoms with Crippen molar-refractivity contribution < 1.29 is 0 Å². The summed E-state index contributed by atoms with van der Waals surface area (Å²) in [5.41, 5.74) is 8.86. The summed E-state index contributed by atoms with van der Waals surface area (Å²) < 4.78 is 2.10. The van der Waals surface area contributed by atoms with Crippen LogP contribution in [0.4, 0.5) is 11.6 Å². The number of imidazole rings is 1. The van der Waals surface area contributed by atoms with Crippen LogP contribution in [0, 0.1) is 6.07 Å². The third kappa shape index (κ3) is 5.34. The lowest BCUT2D eigenvalue weighted by Gasteiger charge is -2.15. The van der Waals surface area contributed by atoms with Gasteiger partial charge >= 0.3 is 0 Å². The van der Waals surface area contributed by atoms with Crippen LogP contribution in [-0.4, -0.2) is 43.9 Å². The molecule has 201 valence electrons. The molecule has 7 rings (SSSR count). The Morgan fingerprint density at radius 3 is 2.61 bits per heavy atom. The van der Waals surface area contributed by atoms with Gasteiger partial charge in [-0.2, -0.15) is 0 Å². The van der Waals surface area contributed by atoms with Crippen molar-refractivity contribution in [2.45, 2.75) is 19.3 Å². The van der Waals surface area contributed by atoms with E-state index in [0.717, 1.165) is 58.1 Å². The van der Waals surface area contributed by atoms with E-state index < -0.39 is 0 Å². The first-order valence-electron chi connectivity index (χ1n) is 14.3. The molecule has 1 aliphatic heterocycles. The minimum Gasteiger partial charge on any atom is -0.324 e. The highest BCUT2D eigenvalue weighted by molar-refractivity contribution is 5.89. The molecule has 4 heterocycles. The Morgan fingerprint density at radius 1 is 0.829 bits per heavy atom. The molecule has 0 spiro atoms. The first-order chi connectivity index (χ1) is 20.3. The lowest BCUT2D eigenvalue weighted by molar-refractivity contribution is 0.343. The molecular weight excluding hydrogens is 504 g/mol. The highest BCUT2D eigenvalue weighted by Crippen LogP contribution is 2.37. The predicted molar refractivity (Wildman–Crippen MR) is 165 cm³/mol. The van der Waals surface area contributed by atoms with E-state index in [1.165, 1.54) is 31.5 Å². The third-order valence-electron chi connectivity index (χ3n) is 7.70. The number of rotatable bonds is 8. The molecule has 6 aromatic rings. The first-order valence-corrected chi connectivity index (χ1v) is 14.3. The van der Waals surface area contributed by atoms with Crippen molar-refractivity contribution in [1.29, 1.82) is 0 Å². The SMILES string of the molecule is [c]1cccc(-c2nc3ccccn3c2-c2ccnc(Nc3cccc(CCN4CCCC4)c3)n2)c1-c1ccccc1. The fourth-order valence-electron chi connectivity index (χ4n) is 5.68. The Labute approximate surface area is 240 Å². The van der Waals surface area contributed by atoms with Crippen LogP contribution >= 0.6 is 0 Å². The van der Waals surface area contributed by atoms with Crippen molar-refractivity contribution in [1.82, 2.24) is 24.3 Å². The van der Waals surface area contributed by atoms with Crippen LogP contribution in [0.5, 0.6) is 0 Å². The number of nitrogens with zero attached hydrogens (tertiary/aromatic N) is 5. The fourth-order valence-corrected chi connectivity index (χ4v) is 5.68. The van der Waals surface area contributed by atoms with E-state index in [1.54, 1.807) is 0 Å². The van der Waals surface area contributed by atoms with Crippen LogP contribution in [0.15, 0.2) is 109 Å². The second-order valence-corrected chi connectivity index (χ2v) is 10.5. The van der Waals surface area contributed by atoms with Gasteiger partial charge in [0.15, 0.2) is 0 Å². The molecule has 1 aliphatic rings. The molecule has 1 fully saturated rings. The maximum absolute atomic E-state index is 5.08. The van der Waals surface area contributed by atoms with Gasteiger partial charge in [0.2, 0.25) is 5.95 Å². The average Bonchev–Trinajstić information content (AvgIpc) is 3.69. The van der Waals surface area contributed by atoms with Crippen molar-refractivity contribution in [3.8, 4) is 33.8 Å². The van der Waals surface area contributed by atoms with Gasteiger partial charge in [0.05, 0.1) is 17.1 Å². The highest BCUT2D eigenvalue weighted by Gasteiger charge is 2.20. The van der Waals surface area contributed by atoms with Gasteiger partial charge in [-0.3, -0.25) is 4.40 Å². The second kappa shape index (κ2) is 11.4. The number of benzene rings is 3. The summed E-state index contributed by atoms with van der Waals surface area (Å²) in [6.07, 6.45) is 7.52. The van der Waals surface area contributed by atoms with E-state index in [9.17, 15) is 0 Å². The number of pyridine rings is 1. The molecule has 0 unspecified atom stereocenters. The summed E-state index contributed by atoms with van der Waals surface area (Å²) in [6.45, 7) is 3.55. The van der Waals surface area contributed by atoms with Crippen LogP contribution in [0.2, 0.25) is 0 Å². The minimum atomic E-state index is 0.555. The van der Waals surface area contributed by atoms with Crippen molar-refractivity contribution in [2.24, 2.45) is 0 Å². The van der Waals surface area contributed by atoms with E-state index in [-0.39, 0.29) is 0 Å². The quantitative estimate of drug-likeness (QED) is 0.221. The molecule has 41 heavy (non-hydrogen) atoms. The zero-order valence-electron chi connectivity index (χ0n) is 22.9. The Morgan fingerprint density at radius 2 is 1.71 bits per heavy atom. The number of aromatic nitrogens is 4. The molecule has 6 nitrogen and oxygen atoms in total. The fraction of sp³-hybridized carbons (Fsp3) is 0.171. The summed E-state index contributed by atoms with van der Waals surface area (Å²) in [5, 5.41) is 3.45. The smallest absolute Gasteiger partial charge is 0.227 e. The normalized spacial score (nSPS) is 13.6. The van der Waals surface area contributed by atoms with Crippen LogP contribution in [0.1, 0.15) is 18.4 Å². The monoisotopic (exact) mass is 535 g/mol. The first kappa shape index (κ1) is 25.2. The van der Waals surface area contributed by atoms with E-state index in [1.807, 2.05) is 67.0 Å². The van der Waals surface area contributed by atoms with Crippen molar-refractivity contribution >= 4 is 17.3 Å². The Balaban J connectivity index is 1.24. The molecule has 0 aliphatic carbocycles. The molecule has 6 heteroatoms. The number of nitrogens with one attached hydrogen (secondary N) is 1. The summed E-state index contributed by atoms with van der Waals surface area (Å²) in [4.78, 5) is 17.2. The number of hydrogen-bond donors (Lipinski definition) is 1. The largest absolute Gasteiger partial charge is 0.324 e. The molecule has 1 radical (unpaired) electrons. The number of likely N-dealkylation sites (tertiary alicyclic amines) is 1. The van der Waals surface area contributed by atoms with E-state index >= 15 is 0 Å². The summed E-state index contributed by atoms with van der Waals surface area (Å²) in [5.74, 6) is 0.555. The summed E-state index contributed by atoms with van der Waals surface area (Å²) >= 11 is 0. The van der Waals surface area contributed by atoms with Gasteiger partial charge < -0.3 is 10.2 Å². The van der Waals surface area contributed by atoms with Crippen molar-refractivity contribution in [3.63, 3.8) is 0 Å². The van der Waals surface area contributed by atoms with Gasteiger partial charge in [-0.1, -0.05) is 66.7 Å². The van der Waals surface area contributed by atoms with E-state index in [4.69, 9.17) is 9.97 Å². The van der Waals surface area contributed by atoms with Gasteiger partial charge in [-0.05, 0) is 85.4 Å². The van der Waals surface area contributed by atoms with Crippen LogP contribution in [0.25, 0.3) is 39.4 Å². The summed E-state index contributed by atoms with van der Waals surface area (Å²) in [7, 11) is 0. The topological polar surface area (TPSA) is 58.4 Å². The van der Waals surface area contributed by atoms with Crippen LogP contribution in [-0.2, 0) is 6.42 Å². The predicted octanol–water partition coefficient (Wildman–Crippen LogP) is 7.31. The Kier molecular flexibility index (Phi) is 6.97. The Bertz CT molecular complexity index is 1790. The third-order valence-corrected chi connectivity index (χ3v) is 7.70. The van der Waals surface area contributed by atoms with Gasteiger partial charge in [0, 0.05) is 30.2 Å². The Hall–Kier alpha value is -4.81. The van der Waals surface area contributed by atoms with Crippen molar-refractivity contribution in [2.75, 3.05) is 25.0 Å². The number of fused-ring (bicyclic) bond motifs is 1. The molecule has 0 atom stereocenters. The zero-order chi connectivity index (χ0) is 27.4. The molecule has 0 saturated carbocycles. The standard InChI is InChI=1S/C35H31N6/c1-2-12-27(13-3-1)29-15-4-5-16-30(29)33-34(41-23-7-6-17-32(41)39-33)31-18-20-36-35(38-31)37-28-14-10-11-26(25-28)19-24-40-21-8-9-22-40/h1-7,10-14,16-18,20,23,25H,8-9,19,21-22,24H2,(H,36,37,38). The highest BCUT2D eigenvalue weighted by atomic mass is 15.1. The van der Waals surface area contributed by atoms with Gasteiger partial charge in [-0.15, -0.1) is 0 Å². The lowest BCUT2D eigenvalue weighted by atomic mass is 9.96. The van der Waals surface area contributed by atoms with Gasteiger partial charge in [0.1, 0.15) is 5.65 Å². The van der Waals surface area contributed by atoms with Gasteiger partial charge in [0.25, 0.3) is 0 Å². The average molecular weight is 536 g/mol. The minimum absolute atomic E-state index is 0.555. The molecule has 0 amide bonds. The van der Waals surface area contributed by atoms with Crippen LogP contribution in [0.3, 0.4) is 0 Å². The van der Waals surface area contributed by atoms with E-state index in [0.29, 0.717) is 5.95 Å². The molecular formula is C35H31N6. The maximum atomic E-state index is 5.08.